The second-order valence-corrected chi connectivity index (χ2v) is 5.29. The molecule has 1 aliphatic rings. The van der Waals surface area contributed by atoms with Crippen molar-refractivity contribution in [2.75, 3.05) is 6.61 Å². The van der Waals surface area contributed by atoms with E-state index in [9.17, 15) is 4.79 Å². The molecule has 0 heterocycles. The highest BCUT2D eigenvalue weighted by molar-refractivity contribution is 5.94. The summed E-state index contributed by atoms with van der Waals surface area (Å²) in [5, 5.41) is 11.8. The maximum Gasteiger partial charge on any atom is 0.251 e. The molecule has 1 aromatic carbocycles. The van der Waals surface area contributed by atoms with Gasteiger partial charge in [-0.05, 0) is 49.9 Å². The molecule has 1 amide bonds. The van der Waals surface area contributed by atoms with Gasteiger partial charge in [-0.1, -0.05) is 18.8 Å². The van der Waals surface area contributed by atoms with E-state index >= 15 is 0 Å². The Labute approximate surface area is 120 Å². The van der Waals surface area contributed by atoms with Crippen molar-refractivity contribution < 1.29 is 9.90 Å². The van der Waals surface area contributed by atoms with E-state index < -0.39 is 0 Å². The summed E-state index contributed by atoms with van der Waals surface area (Å²) >= 11 is 0. The van der Waals surface area contributed by atoms with Gasteiger partial charge in [0.25, 0.3) is 5.91 Å². The van der Waals surface area contributed by atoms with Crippen LogP contribution in [0.15, 0.2) is 24.3 Å². The van der Waals surface area contributed by atoms with Gasteiger partial charge in [0.15, 0.2) is 0 Å². The molecular formula is C17H21NO2. The Kier molecular flexibility index (Phi) is 4.81. The van der Waals surface area contributed by atoms with Crippen LogP contribution in [0.25, 0.3) is 0 Å². The van der Waals surface area contributed by atoms with Crippen LogP contribution in [0.4, 0.5) is 0 Å². The summed E-state index contributed by atoms with van der Waals surface area (Å²) in [6, 6.07) is 7.30. The van der Waals surface area contributed by atoms with Crippen LogP contribution in [-0.2, 0) is 0 Å². The number of benzene rings is 1. The van der Waals surface area contributed by atoms with E-state index in [0.29, 0.717) is 12.0 Å². The fourth-order valence-corrected chi connectivity index (χ4v) is 2.41. The molecule has 0 radical (unpaired) electrons. The Morgan fingerprint density at radius 1 is 1.35 bits per heavy atom. The van der Waals surface area contributed by atoms with E-state index in [1.807, 2.05) is 12.1 Å². The van der Waals surface area contributed by atoms with E-state index in [-0.39, 0.29) is 18.1 Å². The molecule has 0 bridgehead atoms. The summed E-state index contributed by atoms with van der Waals surface area (Å²) < 4.78 is 0. The smallest absolute Gasteiger partial charge is 0.251 e. The van der Waals surface area contributed by atoms with Gasteiger partial charge in [0.05, 0.1) is 6.61 Å². The quantitative estimate of drug-likeness (QED) is 0.827. The number of carbonyl (C=O) groups is 1. The molecular weight excluding hydrogens is 250 g/mol. The molecule has 1 saturated carbocycles. The first kappa shape index (κ1) is 14.6. The SMILES string of the molecule is CCC1(NC(=O)c2ccc(C#CCCO)cc2)CCC1. The zero-order valence-electron chi connectivity index (χ0n) is 11.9. The van der Waals surface area contributed by atoms with Gasteiger partial charge in [-0.2, -0.15) is 0 Å². The lowest BCUT2D eigenvalue weighted by Gasteiger charge is -2.42. The number of aliphatic hydroxyl groups excluding tert-OH is 1. The number of amides is 1. The van der Waals surface area contributed by atoms with Gasteiger partial charge >= 0.3 is 0 Å². The van der Waals surface area contributed by atoms with Gasteiger partial charge in [0.1, 0.15) is 0 Å². The summed E-state index contributed by atoms with van der Waals surface area (Å²) in [6.07, 6.45) is 4.83. The van der Waals surface area contributed by atoms with E-state index in [4.69, 9.17) is 5.11 Å². The van der Waals surface area contributed by atoms with Gasteiger partial charge < -0.3 is 10.4 Å². The van der Waals surface area contributed by atoms with Crippen molar-refractivity contribution in [1.82, 2.24) is 5.32 Å². The van der Waals surface area contributed by atoms with Crippen molar-refractivity contribution in [1.29, 1.82) is 0 Å². The molecule has 0 spiro atoms. The molecule has 1 fully saturated rings. The predicted molar refractivity (Wildman–Crippen MR) is 79.4 cm³/mol. The zero-order valence-corrected chi connectivity index (χ0v) is 11.9. The van der Waals surface area contributed by atoms with Crippen molar-refractivity contribution in [3.8, 4) is 11.8 Å². The Morgan fingerprint density at radius 2 is 2.05 bits per heavy atom. The fraction of sp³-hybridized carbons (Fsp3) is 0.471. The molecule has 0 unspecified atom stereocenters. The first-order chi connectivity index (χ1) is 9.69. The molecule has 20 heavy (non-hydrogen) atoms. The van der Waals surface area contributed by atoms with Crippen LogP contribution >= 0.6 is 0 Å². The lowest BCUT2D eigenvalue weighted by atomic mass is 9.74. The molecule has 3 nitrogen and oxygen atoms in total. The predicted octanol–water partition coefficient (Wildman–Crippen LogP) is 2.48. The standard InChI is InChI=1S/C17H21NO2/c1-2-17(11-5-12-17)18-16(20)15-9-7-14(8-10-15)6-3-4-13-19/h7-10,19H,2,4-5,11-13H2,1H3,(H,18,20). The third kappa shape index (κ3) is 3.40. The van der Waals surface area contributed by atoms with Crippen LogP contribution < -0.4 is 5.32 Å². The molecule has 106 valence electrons. The number of hydrogen-bond acceptors (Lipinski definition) is 2. The third-order valence-corrected chi connectivity index (χ3v) is 3.98. The molecule has 1 aromatic rings. The largest absolute Gasteiger partial charge is 0.395 e. The first-order valence-corrected chi connectivity index (χ1v) is 7.21. The molecule has 2 N–H and O–H groups in total. The van der Waals surface area contributed by atoms with Crippen LogP contribution in [0.1, 0.15) is 54.9 Å². The third-order valence-electron chi connectivity index (χ3n) is 3.98. The summed E-state index contributed by atoms with van der Waals surface area (Å²) in [6.45, 7) is 2.20. The number of hydrogen-bond donors (Lipinski definition) is 2. The summed E-state index contributed by atoms with van der Waals surface area (Å²) in [5.41, 5.74) is 1.57. The second-order valence-electron chi connectivity index (χ2n) is 5.29. The maximum atomic E-state index is 12.2. The monoisotopic (exact) mass is 271 g/mol. The molecule has 3 heteroatoms. The van der Waals surface area contributed by atoms with Crippen LogP contribution in [0.2, 0.25) is 0 Å². The average Bonchev–Trinajstić information content (AvgIpc) is 2.44. The molecule has 1 aliphatic carbocycles. The minimum Gasteiger partial charge on any atom is -0.395 e. The highest BCUT2D eigenvalue weighted by Gasteiger charge is 2.36. The minimum absolute atomic E-state index is 0.00131. The Bertz CT molecular complexity index is 513. The Morgan fingerprint density at radius 3 is 2.55 bits per heavy atom. The Hall–Kier alpha value is -1.79. The molecule has 0 saturated heterocycles. The molecule has 0 aliphatic heterocycles. The Balaban J connectivity index is 1.99. The van der Waals surface area contributed by atoms with E-state index in [0.717, 1.165) is 24.8 Å². The average molecular weight is 271 g/mol. The van der Waals surface area contributed by atoms with E-state index in [1.165, 1.54) is 6.42 Å². The number of carbonyl (C=O) groups excluding carboxylic acids is 1. The van der Waals surface area contributed by atoms with Crippen molar-refractivity contribution in [2.45, 2.75) is 44.6 Å². The van der Waals surface area contributed by atoms with Gasteiger partial charge in [0, 0.05) is 23.1 Å². The molecule has 0 atom stereocenters. The second kappa shape index (κ2) is 6.58. The van der Waals surface area contributed by atoms with E-state index in [1.54, 1.807) is 12.1 Å². The lowest BCUT2D eigenvalue weighted by molar-refractivity contribution is 0.0820. The van der Waals surface area contributed by atoms with Crippen LogP contribution in [0.5, 0.6) is 0 Å². The highest BCUT2D eigenvalue weighted by atomic mass is 16.2. The van der Waals surface area contributed by atoms with E-state index in [2.05, 4.69) is 24.1 Å². The minimum atomic E-state index is 0.00131. The number of aliphatic hydroxyl groups is 1. The maximum absolute atomic E-state index is 12.2. The van der Waals surface area contributed by atoms with Crippen LogP contribution in [-0.4, -0.2) is 23.2 Å². The zero-order chi connectivity index (χ0) is 14.4. The van der Waals surface area contributed by atoms with Crippen molar-refractivity contribution in [3.63, 3.8) is 0 Å². The highest BCUT2D eigenvalue weighted by Crippen LogP contribution is 2.34. The van der Waals surface area contributed by atoms with Crippen LogP contribution in [0.3, 0.4) is 0 Å². The van der Waals surface area contributed by atoms with Crippen molar-refractivity contribution >= 4 is 5.91 Å². The molecule has 2 rings (SSSR count). The summed E-state index contributed by atoms with van der Waals surface area (Å²) in [4.78, 5) is 12.2. The summed E-state index contributed by atoms with van der Waals surface area (Å²) in [5.74, 6) is 5.82. The topological polar surface area (TPSA) is 49.3 Å². The number of rotatable bonds is 4. The van der Waals surface area contributed by atoms with Crippen LogP contribution in [0, 0.1) is 11.8 Å². The van der Waals surface area contributed by atoms with Gasteiger partial charge in [-0.15, -0.1) is 0 Å². The fourth-order valence-electron chi connectivity index (χ4n) is 2.41. The van der Waals surface area contributed by atoms with Gasteiger partial charge in [0.2, 0.25) is 0 Å². The first-order valence-electron chi connectivity index (χ1n) is 7.21. The lowest BCUT2D eigenvalue weighted by Crippen LogP contribution is -2.52. The normalized spacial score (nSPS) is 15.7. The van der Waals surface area contributed by atoms with Gasteiger partial charge in [-0.3, -0.25) is 4.79 Å². The summed E-state index contributed by atoms with van der Waals surface area (Å²) in [7, 11) is 0. The van der Waals surface area contributed by atoms with Gasteiger partial charge in [-0.25, -0.2) is 0 Å². The molecule has 0 aromatic heterocycles. The van der Waals surface area contributed by atoms with Crippen molar-refractivity contribution in [3.05, 3.63) is 35.4 Å². The number of nitrogens with one attached hydrogen (secondary N) is 1. The van der Waals surface area contributed by atoms with Crippen molar-refractivity contribution in [2.24, 2.45) is 0 Å².